The summed E-state index contributed by atoms with van der Waals surface area (Å²) in [6, 6.07) is 14.4. The first kappa shape index (κ1) is 12.7. The van der Waals surface area contributed by atoms with Crippen molar-refractivity contribution in [3.8, 4) is 0 Å². The summed E-state index contributed by atoms with van der Waals surface area (Å²) in [5, 5.41) is 3.34. The van der Waals surface area contributed by atoms with Gasteiger partial charge in [0.05, 0.1) is 17.1 Å². The highest BCUT2D eigenvalue weighted by Gasteiger charge is 2.13. The monoisotopic (exact) mass is 269 g/mol. The Kier molecular flexibility index (Phi) is 3.14. The van der Waals surface area contributed by atoms with Crippen LogP contribution in [0.4, 0.5) is 10.1 Å². The zero-order valence-electron chi connectivity index (χ0n) is 11.5. The molecule has 0 aliphatic carbocycles. The zero-order chi connectivity index (χ0) is 14.1. The van der Waals surface area contributed by atoms with E-state index in [1.807, 2.05) is 32.2 Å². The molecule has 0 fully saturated rings. The van der Waals surface area contributed by atoms with Crippen LogP contribution in [0.1, 0.15) is 18.8 Å². The second kappa shape index (κ2) is 4.96. The number of halogens is 1. The molecule has 1 N–H and O–H groups in total. The van der Waals surface area contributed by atoms with Gasteiger partial charge in [0.1, 0.15) is 11.6 Å². The number of benzene rings is 2. The first-order valence-corrected chi connectivity index (χ1v) is 6.58. The fraction of sp³-hybridized carbons (Fsp3) is 0.188. The van der Waals surface area contributed by atoms with Crippen LogP contribution in [0.3, 0.4) is 0 Å². The molecule has 3 aromatic rings. The molecule has 1 heterocycles. The Labute approximate surface area is 117 Å². The summed E-state index contributed by atoms with van der Waals surface area (Å²) in [5.41, 5.74) is 2.97. The Morgan fingerprint density at radius 1 is 1.10 bits per heavy atom. The van der Waals surface area contributed by atoms with Crippen molar-refractivity contribution in [1.29, 1.82) is 0 Å². The number of para-hydroxylation sites is 2. The lowest BCUT2D eigenvalue weighted by atomic mass is 10.2. The minimum Gasteiger partial charge on any atom is -0.375 e. The fourth-order valence-electron chi connectivity index (χ4n) is 2.41. The Bertz CT molecular complexity index is 731. The van der Waals surface area contributed by atoms with Crippen molar-refractivity contribution in [3.05, 3.63) is 60.2 Å². The van der Waals surface area contributed by atoms with E-state index in [1.54, 1.807) is 12.1 Å². The minimum atomic E-state index is -0.231. The fourth-order valence-corrected chi connectivity index (χ4v) is 2.41. The van der Waals surface area contributed by atoms with Crippen molar-refractivity contribution >= 4 is 16.7 Å². The lowest BCUT2D eigenvalue weighted by Gasteiger charge is -2.15. The first-order chi connectivity index (χ1) is 9.65. The van der Waals surface area contributed by atoms with Crippen molar-refractivity contribution in [2.75, 3.05) is 5.32 Å². The van der Waals surface area contributed by atoms with Gasteiger partial charge in [-0.1, -0.05) is 12.1 Å². The number of imidazole rings is 1. The normalized spacial score (nSPS) is 12.6. The third kappa shape index (κ3) is 2.25. The molecule has 0 saturated carbocycles. The van der Waals surface area contributed by atoms with Crippen molar-refractivity contribution in [2.24, 2.45) is 7.05 Å². The summed E-state index contributed by atoms with van der Waals surface area (Å²) in [5.74, 6) is 0.724. The van der Waals surface area contributed by atoms with Gasteiger partial charge in [0, 0.05) is 12.7 Å². The third-order valence-corrected chi connectivity index (χ3v) is 3.44. The third-order valence-electron chi connectivity index (χ3n) is 3.44. The molecule has 1 unspecified atom stereocenters. The predicted molar refractivity (Wildman–Crippen MR) is 79.2 cm³/mol. The van der Waals surface area contributed by atoms with Gasteiger partial charge in [-0.05, 0) is 43.3 Å². The van der Waals surface area contributed by atoms with Crippen LogP contribution in [0.25, 0.3) is 11.0 Å². The second-order valence-corrected chi connectivity index (χ2v) is 4.89. The summed E-state index contributed by atoms with van der Waals surface area (Å²) >= 11 is 0. The number of aryl methyl sites for hydroxylation is 1. The van der Waals surface area contributed by atoms with Crippen molar-refractivity contribution in [3.63, 3.8) is 0 Å². The van der Waals surface area contributed by atoms with Gasteiger partial charge in [-0.2, -0.15) is 0 Å². The van der Waals surface area contributed by atoms with Gasteiger partial charge in [0.2, 0.25) is 0 Å². The Morgan fingerprint density at radius 2 is 1.80 bits per heavy atom. The van der Waals surface area contributed by atoms with Crippen LogP contribution in [-0.2, 0) is 7.05 Å². The number of anilines is 1. The highest BCUT2D eigenvalue weighted by atomic mass is 19.1. The van der Waals surface area contributed by atoms with E-state index in [0.29, 0.717) is 0 Å². The van der Waals surface area contributed by atoms with Crippen LogP contribution >= 0.6 is 0 Å². The largest absolute Gasteiger partial charge is 0.375 e. The number of rotatable bonds is 3. The lowest BCUT2D eigenvalue weighted by molar-refractivity contribution is 0.627. The van der Waals surface area contributed by atoms with E-state index in [9.17, 15) is 4.39 Å². The molecule has 1 atom stereocenters. The van der Waals surface area contributed by atoms with Crippen LogP contribution in [0.15, 0.2) is 48.5 Å². The Balaban J connectivity index is 1.90. The van der Waals surface area contributed by atoms with Crippen molar-refractivity contribution in [2.45, 2.75) is 13.0 Å². The molecule has 0 saturated heterocycles. The van der Waals surface area contributed by atoms with Crippen LogP contribution < -0.4 is 5.32 Å². The summed E-state index contributed by atoms with van der Waals surface area (Å²) in [7, 11) is 2.01. The molecule has 0 radical (unpaired) electrons. The summed E-state index contributed by atoms with van der Waals surface area (Å²) in [6.45, 7) is 2.05. The molecule has 0 spiro atoms. The van der Waals surface area contributed by atoms with Gasteiger partial charge in [-0.15, -0.1) is 0 Å². The van der Waals surface area contributed by atoms with Gasteiger partial charge >= 0.3 is 0 Å². The lowest BCUT2D eigenvalue weighted by Crippen LogP contribution is -2.11. The number of hydrogen-bond acceptors (Lipinski definition) is 2. The van der Waals surface area contributed by atoms with E-state index in [2.05, 4.69) is 20.9 Å². The predicted octanol–water partition coefficient (Wildman–Crippen LogP) is 3.89. The highest BCUT2D eigenvalue weighted by Crippen LogP contribution is 2.22. The smallest absolute Gasteiger partial charge is 0.131 e. The second-order valence-electron chi connectivity index (χ2n) is 4.89. The number of nitrogens with zero attached hydrogens (tertiary/aromatic N) is 2. The van der Waals surface area contributed by atoms with E-state index < -0.39 is 0 Å². The maximum atomic E-state index is 12.9. The van der Waals surface area contributed by atoms with Crippen LogP contribution in [0, 0.1) is 5.82 Å². The maximum absolute atomic E-state index is 12.9. The average Bonchev–Trinajstić information content (AvgIpc) is 2.79. The zero-order valence-corrected chi connectivity index (χ0v) is 11.5. The highest BCUT2D eigenvalue weighted by molar-refractivity contribution is 5.76. The average molecular weight is 269 g/mol. The topological polar surface area (TPSA) is 29.9 Å². The molecule has 2 aromatic carbocycles. The SMILES string of the molecule is CC(Nc1ccc(F)cc1)c1nc2ccccc2n1C. The van der Waals surface area contributed by atoms with Crippen molar-refractivity contribution < 1.29 is 4.39 Å². The van der Waals surface area contributed by atoms with E-state index in [0.717, 1.165) is 22.5 Å². The maximum Gasteiger partial charge on any atom is 0.131 e. The quantitative estimate of drug-likeness (QED) is 0.782. The van der Waals surface area contributed by atoms with E-state index in [-0.39, 0.29) is 11.9 Å². The van der Waals surface area contributed by atoms with Gasteiger partial charge in [0.25, 0.3) is 0 Å². The molecule has 1 aromatic heterocycles. The Hall–Kier alpha value is -2.36. The van der Waals surface area contributed by atoms with Crippen LogP contribution in [-0.4, -0.2) is 9.55 Å². The number of hydrogen-bond donors (Lipinski definition) is 1. The standard InChI is InChI=1S/C16H16FN3/c1-11(18-13-9-7-12(17)8-10-13)16-19-14-5-3-4-6-15(14)20(16)2/h3-11,18H,1-2H3. The van der Waals surface area contributed by atoms with E-state index in [1.165, 1.54) is 12.1 Å². The van der Waals surface area contributed by atoms with Crippen molar-refractivity contribution in [1.82, 2.24) is 9.55 Å². The molecular weight excluding hydrogens is 253 g/mol. The number of nitrogens with one attached hydrogen (secondary N) is 1. The minimum absolute atomic E-state index is 0.0397. The molecule has 3 rings (SSSR count). The van der Waals surface area contributed by atoms with E-state index >= 15 is 0 Å². The molecular formula is C16H16FN3. The molecule has 4 heteroatoms. The first-order valence-electron chi connectivity index (χ1n) is 6.58. The van der Waals surface area contributed by atoms with Crippen LogP contribution in [0.2, 0.25) is 0 Å². The molecule has 20 heavy (non-hydrogen) atoms. The summed E-state index contributed by atoms with van der Waals surface area (Å²) < 4.78 is 15.0. The van der Waals surface area contributed by atoms with E-state index in [4.69, 9.17) is 0 Å². The van der Waals surface area contributed by atoms with Gasteiger partial charge in [-0.3, -0.25) is 0 Å². The molecule has 3 nitrogen and oxygen atoms in total. The summed E-state index contributed by atoms with van der Waals surface area (Å²) in [4.78, 5) is 4.65. The molecule has 102 valence electrons. The van der Waals surface area contributed by atoms with Gasteiger partial charge < -0.3 is 9.88 Å². The molecule has 0 bridgehead atoms. The molecule has 0 aliphatic rings. The van der Waals surface area contributed by atoms with Gasteiger partial charge in [0.15, 0.2) is 0 Å². The van der Waals surface area contributed by atoms with Gasteiger partial charge in [-0.25, -0.2) is 9.37 Å². The Morgan fingerprint density at radius 3 is 2.50 bits per heavy atom. The molecule has 0 amide bonds. The number of fused-ring (bicyclic) bond motifs is 1. The molecule has 0 aliphatic heterocycles. The summed E-state index contributed by atoms with van der Waals surface area (Å²) in [6.07, 6.45) is 0. The number of aromatic nitrogens is 2. The van der Waals surface area contributed by atoms with Crippen LogP contribution in [0.5, 0.6) is 0 Å².